The number of likely N-dealkylation sites (N-methyl/N-ethyl adjacent to an activating group) is 1. The minimum absolute atomic E-state index is 0.00294. The van der Waals surface area contributed by atoms with Gasteiger partial charge < -0.3 is 19.5 Å². The largest absolute Gasteiger partial charge is 0.508 e. The highest BCUT2D eigenvalue weighted by atomic mass is 16.5. The number of hydrogen-bond acceptors (Lipinski definition) is 5. The molecule has 5 atom stereocenters. The van der Waals surface area contributed by atoms with E-state index < -0.39 is 0 Å². The number of piperidine rings is 1. The average Bonchev–Trinajstić information content (AvgIpc) is 3.67. The Hall–Kier alpha value is -2.99. The van der Waals surface area contributed by atoms with Crippen molar-refractivity contribution in [3.63, 3.8) is 0 Å². The van der Waals surface area contributed by atoms with Crippen molar-refractivity contribution in [2.45, 2.75) is 62.1 Å². The van der Waals surface area contributed by atoms with Gasteiger partial charge in [-0.05, 0) is 68.5 Å². The monoisotopic (exact) mass is 500 g/mol. The first-order chi connectivity index (χ1) is 18.0. The van der Waals surface area contributed by atoms with E-state index in [0.29, 0.717) is 23.5 Å². The second-order valence-electron chi connectivity index (χ2n) is 11.8. The number of likely N-dealkylation sites (tertiary alicyclic amines) is 1. The first kappa shape index (κ1) is 23.2. The van der Waals surface area contributed by atoms with Crippen molar-refractivity contribution < 1.29 is 19.4 Å². The molecule has 2 aromatic rings. The number of rotatable bonds is 6. The summed E-state index contributed by atoms with van der Waals surface area (Å²) in [5.41, 5.74) is 3.03. The van der Waals surface area contributed by atoms with Crippen molar-refractivity contribution in [3.05, 3.63) is 59.2 Å². The molecule has 37 heavy (non-hydrogen) atoms. The molecule has 6 heteroatoms. The molecule has 1 spiro atoms. The fraction of sp³-hybridized carbons (Fsp3) is 0.516. The zero-order chi connectivity index (χ0) is 25.3. The minimum Gasteiger partial charge on any atom is -0.508 e. The molecule has 2 saturated carbocycles. The van der Waals surface area contributed by atoms with Crippen LogP contribution in [0.5, 0.6) is 17.2 Å². The van der Waals surface area contributed by atoms with Crippen molar-refractivity contribution in [2.75, 3.05) is 27.2 Å². The Balaban J connectivity index is 1.26. The molecule has 2 bridgehead atoms. The van der Waals surface area contributed by atoms with Gasteiger partial charge in [0.15, 0.2) is 11.5 Å². The lowest BCUT2D eigenvalue weighted by molar-refractivity contribution is -0.135. The van der Waals surface area contributed by atoms with Gasteiger partial charge in [-0.1, -0.05) is 30.3 Å². The number of hydrogen-bond donors (Lipinski definition) is 1. The van der Waals surface area contributed by atoms with Crippen LogP contribution in [0.25, 0.3) is 6.08 Å². The first-order valence-corrected chi connectivity index (χ1v) is 13.8. The van der Waals surface area contributed by atoms with Gasteiger partial charge in [-0.2, -0.15) is 0 Å². The Labute approximate surface area is 218 Å². The Morgan fingerprint density at radius 1 is 1.24 bits per heavy atom. The van der Waals surface area contributed by atoms with E-state index in [1.807, 2.05) is 48.4 Å². The van der Waals surface area contributed by atoms with E-state index in [1.54, 1.807) is 19.3 Å². The number of carbonyl (C=O) groups excluding carboxylic acids is 1. The number of phenols is 1. The predicted molar refractivity (Wildman–Crippen MR) is 142 cm³/mol. The molecule has 7 rings (SSSR count). The van der Waals surface area contributed by atoms with Gasteiger partial charge in [-0.3, -0.25) is 9.69 Å². The third kappa shape index (κ3) is 3.44. The van der Waals surface area contributed by atoms with Gasteiger partial charge in [-0.15, -0.1) is 0 Å². The van der Waals surface area contributed by atoms with Crippen LogP contribution in [0.15, 0.2) is 42.5 Å². The second-order valence-corrected chi connectivity index (χ2v) is 11.8. The Morgan fingerprint density at radius 3 is 2.81 bits per heavy atom. The van der Waals surface area contributed by atoms with Crippen LogP contribution < -0.4 is 9.47 Å². The highest BCUT2D eigenvalue weighted by Crippen LogP contribution is 2.65. The maximum absolute atomic E-state index is 13.4. The normalized spacial score (nSPS) is 31.6. The Bertz CT molecular complexity index is 1260. The molecule has 2 heterocycles. The van der Waals surface area contributed by atoms with Crippen molar-refractivity contribution in [2.24, 2.45) is 11.8 Å². The smallest absolute Gasteiger partial charge is 0.246 e. The standard InChI is InChI=1S/C31H36N2O4/c1-32(27(35)13-10-19-6-4-3-5-7-19)23-12-11-22-24-16-21-25(34)17-26(36-2)29-28(21)31(22,30(23)37-29)14-15-33(24)18-20-8-9-20/h3-7,10,13,17,20,22-24,30,34H,8-9,11-12,14-16,18H2,1-2H3/t22-,23+,24+,30-,31-/m0/s1. The average molecular weight is 501 g/mol. The van der Waals surface area contributed by atoms with E-state index in [-0.39, 0.29) is 23.5 Å². The van der Waals surface area contributed by atoms with Crippen molar-refractivity contribution in [3.8, 4) is 17.2 Å². The molecule has 3 aliphatic carbocycles. The van der Waals surface area contributed by atoms with Crippen LogP contribution in [0.4, 0.5) is 0 Å². The minimum atomic E-state index is -0.194. The molecule has 0 aromatic heterocycles. The summed E-state index contributed by atoms with van der Waals surface area (Å²) in [5, 5.41) is 11.1. The summed E-state index contributed by atoms with van der Waals surface area (Å²) in [7, 11) is 3.56. The van der Waals surface area contributed by atoms with Crippen molar-refractivity contribution in [1.82, 2.24) is 9.80 Å². The molecular weight excluding hydrogens is 464 g/mol. The second kappa shape index (κ2) is 8.52. The van der Waals surface area contributed by atoms with Crippen LogP contribution in [0.1, 0.15) is 48.8 Å². The number of phenolic OH excluding ortho intramolecular Hbond substituents is 1. The zero-order valence-corrected chi connectivity index (χ0v) is 21.7. The summed E-state index contributed by atoms with van der Waals surface area (Å²) >= 11 is 0. The van der Waals surface area contributed by atoms with Gasteiger partial charge in [0.25, 0.3) is 0 Å². The zero-order valence-electron chi connectivity index (χ0n) is 21.7. The number of amides is 1. The number of methoxy groups -OCH3 is 1. The SMILES string of the molecule is COc1cc(O)c2c3c1O[C@H]1[C@H](N(C)C(=O)C=Cc4ccccc4)CC[C@H]4[C@@H](C2)N(CC2CC2)CC[C@@]341. The molecule has 6 nitrogen and oxygen atoms in total. The highest BCUT2D eigenvalue weighted by Gasteiger charge is 2.67. The maximum Gasteiger partial charge on any atom is 0.246 e. The van der Waals surface area contributed by atoms with E-state index in [1.165, 1.54) is 24.9 Å². The van der Waals surface area contributed by atoms with E-state index in [2.05, 4.69) is 4.90 Å². The van der Waals surface area contributed by atoms with Gasteiger partial charge in [0.05, 0.1) is 13.2 Å². The molecule has 1 amide bonds. The fourth-order valence-corrected chi connectivity index (χ4v) is 8.07. The van der Waals surface area contributed by atoms with Crippen LogP contribution in [0.2, 0.25) is 0 Å². The molecule has 2 aliphatic heterocycles. The van der Waals surface area contributed by atoms with Crippen LogP contribution >= 0.6 is 0 Å². The molecule has 2 aromatic carbocycles. The third-order valence-electron chi connectivity index (χ3n) is 9.96. The van der Waals surface area contributed by atoms with E-state index in [4.69, 9.17) is 9.47 Å². The molecule has 5 aliphatic rings. The topological polar surface area (TPSA) is 62.2 Å². The van der Waals surface area contributed by atoms with Gasteiger partial charge in [0, 0.05) is 48.3 Å². The van der Waals surface area contributed by atoms with Crippen LogP contribution in [0, 0.1) is 11.8 Å². The van der Waals surface area contributed by atoms with Crippen LogP contribution in [0.3, 0.4) is 0 Å². The molecule has 0 radical (unpaired) electrons. The van der Waals surface area contributed by atoms with E-state index >= 15 is 0 Å². The number of aromatic hydroxyl groups is 1. The van der Waals surface area contributed by atoms with E-state index in [0.717, 1.165) is 55.0 Å². The number of carbonyl (C=O) groups is 1. The fourth-order valence-electron chi connectivity index (χ4n) is 8.07. The van der Waals surface area contributed by atoms with Gasteiger partial charge in [-0.25, -0.2) is 0 Å². The highest BCUT2D eigenvalue weighted by molar-refractivity contribution is 5.92. The predicted octanol–water partition coefficient (Wildman–Crippen LogP) is 4.39. The summed E-state index contributed by atoms with van der Waals surface area (Å²) in [5.74, 6) is 3.03. The lowest BCUT2D eigenvalue weighted by Crippen LogP contribution is -2.69. The van der Waals surface area contributed by atoms with Gasteiger partial charge in [0.1, 0.15) is 11.9 Å². The van der Waals surface area contributed by atoms with Crippen LogP contribution in [-0.4, -0.2) is 66.2 Å². The Kier molecular flexibility index (Phi) is 5.33. The maximum atomic E-state index is 13.4. The molecule has 1 N–H and O–H groups in total. The Morgan fingerprint density at radius 2 is 2.05 bits per heavy atom. The summed E-state index contributed by atoms with van der Waals surface area (Å²) in [6.45, 7) is 2.22. The van der Waals surface area contributed by atoms with E-state index in [9.17, 15) is 9.90 Å². The summed E-state index contributed by atoms with van der Waals surface area (Å²) in [6, 6.07) is 12.1. The number of nitrogens with zero attached hydrogens (tertiary/aromatic N) is 2. The van der Waals surface area contributed by atoms with Crippen molar-refractivity contribution in [1.29, 1.82) is 0 Å². The summed E-state index contributed by atoms with van der Waals surface area (Å²) < 4.78 is 12.6. The quantitative estimate of drug-likeness (QED) is 0.596. The number of ether oxygens (including phenoxy) is 2. The first-order valence-electron chi connectivity index (χ1n) is 13.8. The molecule has 1 saturated heterocycles. The molecule has 194 valence electrons. The van der Waals surface area contributed by atoms with Gasteiger partial charge >= 0.3 is 0 Å². The lowest BCUT2D eigenvalue weighted by atomic mass is 9.50. The number of benzene rings is 2. The summed E-state index contributed by atoms with van der Waals surface area (Å²) in [4.78, 5) is 18.0. The molecule has 3 fully saturated rings. The van der Waals surface area contributed by atoms with Crippen LogP contribution in [-0.2, 0) is 16.6 Å². The molecule has 0 unspecified atom stereocenters. The lowest BCUT2D eigenvalue weighted by Gasteiger charge is -2.60. The third-order valence-corrected chi connectivity index (χ3v) is 9.96. The summed E-state index contributed by atoms with van der Waals surface area (Å²) in [6.07, 6.45) is 9.97. The van der Waals surface area contributed by atoms with Crippen molar-refractivity contribution >= 4 is 12.0 Å². The van der Waals surface area contributed by atoms with Gasteiger partial charge in [0.2, 0.25) is 5.91 Å². The molecular formula is C31H36N2O4.